The number of alkyl halides is 3. The molecular formula is C16H18F3NO3. The van der Waals surface area contributed by atoms with Crippen molar-refractivity contribution in [2.45, 2.75) is 44.7 Å². The number of rotatable bonds is 4. The van der Waals surface area contributed by atoms with E-state index in [1.165, 1.54) is 12.1 Å². The fraction of sp³-hybridized carbons (Fsp3) is 0.500. The number of nitrogens with one attached hydrogen (secondary N) is 1. The number of hydrogen-bond acceptors (Lipinski definition) is 2. The Morgan fingerprint density at radius 3 is 2.39 bits per heavy atom. The SMILES string of the molecule is O=C(CC1(C(=O)O)CCCCC1)Nc1cccc(C(F)(F)F)c1. The van der Waals surface area contributed by atoms with Gasteiger partial charge in [0.25, 0.3) is 0 Å². The lowest BCUT2D eigenvalue weighted by Crippen LogP contribution is -2.37. The Morgan fingerprint density at radius 1 is 1.17 bits per heavy atom. The van der Waals surface area contributed by atoms with Crippen LogP contribution in [0.15, 0.2) is 24.3 Å². The van der Waals surface area contributed by atoms with Gasteiger partial charge >= 0.3 is 12.1 Å². The van der Waals surface area contributed by atoms with Crippen molar-refractivity contribution in [3.8, 4) is 0 Å². The Kier molecular flexibility index (Phi) is 4.97. The predicted molar refractivity (Wildman–Crippen MR) is 77.8 cm³/mol. The fourth-order valence-corrected chi connectivity index (χ4v) is 2.98. The van der Waals surface area contributed by atoms with E-state index in [0.717, 1.165) is 31.4 Å². The highest BCUT2D eigenvalue weighted by atomic mass is 19.4. The van der Waals surface area contributed by atoms with Gasteiger partial charge in [0.1, 0.15) is 0 Å². The van der Waals surface area contributed by atoms with E-state index >= 15 is 0 Å². The van der Waals surface area contributed by atoms with Crippen LogP contribution in [-0.2, 0) is 15.8 Å². The summed E-state index contributed by atoms with van der Waals surface area (Å²) in [5.41, 5.74) is -1.95. The van der Waals surface area contributed by atoms with E-state index in [4.69, 9.17) is 0 Å². The molecule has 0 heterocycles. The van der Waals surface area contributed by atoms with Crippen LogP contribution in [0.2, 0.25) is 0 Å². The van der Waals surface area contributed by atoms with Crippen LogP contribution >= 0.6 is 0 Å². The quantitative estimate of drug-likeness (QED) is 0.875. The number of hydrogen-bond donors (Lipinski definition) is 2. The topological polar surface area (TPSA) is 66.4 Å². The minimum atomic E-state index is -4.49. The van der Waals surface area contributed by atoms with Gasteiger partial charge in [0.05, 0.1) is 11.0 Å². The fourth-order valence-electron chi connectivity index (χ4n) is 2.98. The van der Waals surface area contributed by atoms with Crippen molar-refractivity contribution in [3.63, 3.8) is 0 Å². The number of carbonyl (C=O) groups excluding carboxylic acids is 1. The Hall–Kier alpha value is -2.05. The molecule has 0 atom stereocenters. The number of carboxylic acids is 1. The lowest BCUT2D eigenvalue weighted by molar-refractivity contribution is -0.153. The van der Waals surface area contributed by atoms with Gasteiger partial charge in [-0.1, -0.05) is 25.3 Å². The van der Waals surface area contributed by atoms with Crippen molar-refractivity contribution >= 4 is 17.6 Å². The average Bonchev–Trinajstić information content (AvgIpc) is 2.47. The molecule has 0 aromatic heterocycles. The molecule has 1 aliphatic rings. The molecule has 0 bridgehead atoms. The lowest BCUT2D eigenvalue weighted by atomic mass is 9.71. The normalized spacial score (nSPS) is 17.5. The van der Waals surface area contributed by atoms with Crippen LogP contribution in [0.3, 0.4) is 0 Å². The largest absolute Gasteiger partial charge is 0.481 e. The Morgan fingerprint density at radius 2 is 1.83 bits per heavy atom. The monoisotopic (exact) mass is 329 g/mol. The minimum absolute atomic E-state index is 0.0150. The second kappa shape index (κ2) is 6.60. The first-order valence-corrected chi connectivity index (χ1v) is 7.43. The number of anilines is 1. The maximum Gasteiger partial charge on any atom is 0.416 e. The van der Waals surface area contributed by atoms with Crippen molar-refractivity contribution in [3.05, 3.63) is 29.8 Å². The molecule has 0 aliphatic heterocycles. The first-order chi connectivity index (χ1) is 10.7. The standard InChI is InChI=1S/C16H18F3NO3/c17-16(18,19)11-5-4-6-12(9-11)20-13(21)10-15(14(22)23)7-2-1-3-8-15/h4-6,9H,1-3,7-8,10H2,(H,20,21)(H,22,23). The highest BCUT2D eigenvalue weighted by molar-refractivity contribution is 5.94. The third-order valence-electron chi connectivity index (χ3n) is 4.24. The summed E-state index contributed by atoms with van der Waals surface area (Å²) in [5, 5.41) is 11.8. The van der Waals surface area contributed by atoms with Crippen LogP contribution in [0, 0.1) is 5.41 Å². The van der Waals surface area contributed by atoms with Crippen LogP contribution in [0.5, 0.6) is 0 Å². The molecule has 1 saturated carbocycles. The van der Waals surface area contributed by atoms with Gasteiger partial charge in [0.2, 0.25) is 5.91 Å². The second-order valence-corrected chi connectivity index (χ2v) is 5.95. The van der Waals surface area contributed by atoms with E-state index in [9.17, 15) is 27.9 Å². The summed E-state index contributed by atoms with van der Waals surface area (Å²) in [5.74, 6) is -1.59. The van der Waals surface area contributed by atoms with E-state index < -0.39 is 29.0 Å². The first-order valence-electron chi connectivity index (χ1n) is 7.43. The predicted octanol–water partition coefficient (Wildman–Crippen LogP) is 4.07. The molecule has 0 spiro atoms. The van der Waals surface area contributed by atoms with Gasteiger partial charge in [0.15, 0.2) is 0 Å². The van der Waals surface area contributed by atoms with Gasteiger partial charge in [-0.25, -0.2) is 0 Å². The molecule has 23 heavy (non-hydrogen) atoms. The zero-order valence-electron chi connectivity index (χ0n) is 12.4. The number of aliphatic carboxylic acids is 1. The molecule has 1 fully saturated rings. The molecule has 7 heteroatoms. The molecule has 0 radical (unpaired) electrons. The van der Waals surface area contributed by atoms with Gasteiger partial charge in [-0.3, -0.25) is 9.59 Å². The van der Waals surface area contributed by atoms with E-state index in [1.54, 1.807) is 0 Å². The molecule has 0 unspecified atom stereocenters. The van der Waals surface area contributed by atoms with Crippen LogP contribution < -0.4 is 5.32 Å². The van der Waals surface area contributed by atoms with E-state index in [-0.39, 0.29) is 12.1 Å². The number of halogens is 3. The zero-order valence-corrected chi connectivity index (χ0v) is 12.4. The zero-order chi connectivity index (χ0) is 17.1. The summed E-state index contributed by atoms with van der Waals surface area (Å²) in [6.45, 7) is 0. The van der Waals surface area contributed by atoms with Crippen molar-refractivity contribution in [2.75, 3.05) is 5.32 Å². The van der Waals surface area contributed by atoms with Gasteiger partial charge in [-0.05, 0) is 31.0 Å². The Balaban J connectivity index is 2.08. The van der Waals surface area contributed by atoms with E-state index in [2.05, 4.69) is 5.32 Å². The number of carbonyl (C=O) groups is 2. The van der Waals surface area contributed by atoms with Crippen molar-refractivity contribution in [1.82, 2.24) is 0 Å². The Bertz CT molecular complexity index is 592. The molecule has 126 valence electrons. The molecule has 2 rings (SSSR count). The smallest absolute Gasteiger partial charge is 0.416 e. The summed E-state index contributed by atoms with van der Waals surface area (Å²) in [4.78, 5) is 23.6. The van der Waals surface area contributed by atoms with Crippen LogP contribution in [-0.4, -0.2) is 17.0 Å². The summed E-state index contributed by atoms with van der Waals surface area (Å²) in [6.07, 6.45) is -1.47. The Labute approximate surface area is 131 Å². The molecule has 1 aromatic carbocycles. The first kappa shape index (κ1) is 17.3. The van der Waals surface area contributed by atoms with Crippen LogP contribution in [0.1, 0.15) is 44.1 Å². The number of benzene rings is 1. The molecule has 4 nitrogen and oxygen atoms in total. The molecule has 1 aliphatic carbocycles. The third-order valence-corrected chi connectivity index (χ3v) is 4.24. The third kappa shape index (κ3) is 4.24. The molecule has 1 aromatic rings. The number of amides is 1. The average molecular weight is 329 g/mol. The maximum atomic E-state index is 12.7. The van der Waals surface area contributed by atoms with Gasteiger partial charge < -0.3 is 10.4 Å². The van der Waals surface area contributed by atoms with E-state index in [0.29, 0.717) is 12.8 Å². The van der Waals surface area contributed by atoms with Crippen LogP contribution in [0.25, 0.3) is 0 Å². The van der Waals surface area contributed by atoms with Crippen molar-refractivity contribution < 1.29 is 27.9 Å². The van der Waals surface area contributed by atoms with Crippen molar-refractivity contribution in [2.24, 2.45) is 5.41 Å². The highest BCUT2D eigenvalue weighted by Crippen LogP contribution is 2.40. The summed E-state index contributed by atoms with van der Waals surface area (Å²) >= 11 is 0. The number of carboxylic acid groups (broad SMARTS) is 1. The molecule has 1 amide bonds. The maximum absolute atomic E-state index is 12.7. The molecular weight excluding hydrogens is 311 g/mol. The van der Waals surface area contributed by atoms with E-state index in [1.807, 2.05) is 0 Å². The van der Waals surface area contributed by atoms with Crippen LogP contribution in [0.4, 0.5) is 18.9 Å². The summed E-state index contributed by atoms with van der Waals surface area (Å²) < 4.78 is 38.0. The molecule has 2 N–H and O–H groups in total. The summed E-state index contributed by atoms with van der Waals surface area (Å²) in [6, 6.07) is 4.30. The van der Waals surface area contributed by atoms with Crippen molar-refractivity contribution in [1.29, 1.82) is 0 Å². The molecule has 0 saturated heterocycles. The van der Waals surface area contributed by atoms with Gasteiger partial charge in [-0.15, -0.1) is 0 Å². The van der Waals surface area contributed by atoms with Gasteiger partial charge in [0, 0.05) is 12.1 Å². The summed E-state index contributed by atoms with van der Waals surface area (Å²) in [7, 11) is 0. The highest BCUT2D eigenvalue weighted by Gasteiger charge is 2.41. The second-order valence-electron chi connectivity index (χ2n) is 5.95. The lowest BCUT2D eigenvalue weighted by Gasteiger charge is -2.32. The van der Waals surface area contributed by atoms with Gasteiger partial charge in [-0.2, -0.15) is 13.2 Å². The minimum Gasteiger partial charge on any atom is -0.481 e.